The van der Waals surface area contributed by atoms with E-state index in [0.717, 1.165) is 38.0 Å². The standard InChI is InChI=1S/C14H25NO2/c16-13-8-6-12(7-9-13)15-14(17)10-5-11-3-1-2-4-11/h11-13,16H,1-10H2,(H,15,17). The molecule has 0 aromatic heterocycles. The van der Waals surface area contributed by atoms with E-state index in [1.807, 2.05) is 0 Å². The van der Waals surface area contributed by atoms with Gasteiger partial charge < -0.3 is 10.4 Å². The third-order valence-electron chi connectivity index (χ3n) is 4.32. The quantitative estimate of drug-likeness (QED) is 0.791. The molecule has 0 spiro atoms. The van der Waals surface area contributed by atoms with Crippen molar-refractivity contribution in [2.45, 2.75) is 76.4 Å². The van der Waals surface area contributed by atoms with E-state index in [0.29, 0.717) is 12.5 Å². The summed E-state index contributed by atoms with van der Waals surface area (Å²) in [5.74, 6) is 1.02. The Morgan fingerprint density at radius 3 is 2.35 bits per heavy atom. The van der Waals surface area contributed by atoms with Gasteiger partial charge in [0.2, 0.25) is 5.91 Å². The minimum absolute atomic E-state index is 0.137. The number of amides is 1. The first-order chi connectivity index (χ1) is 8.24. The van der Waals surface area contributed by atoms with Crippen LogP contribution in [0.25, 0.3) is 0 Å². The van der Waals surface area contributed by atoms with Gasteiger partial charge >= 0.3 is 0 Å². The number of aliphatic hydroxyl groups excluding tert-OH is 1. The number of rotatable bonds is 4. The van der Waals surface area contributed by atoms with Crippen LogP contribution in [-0.2, 0) is 4.79 Å². The first-order valence-electron chi connectivity index (χ1n) is 7.21. The van der Waals surface area contributed by atoms with Gasteiger partial charge in [-0.2, -0.15) is 0 Å². The molecule has 0 aromatic rings. The summed E-state index contributed by atoms with van der Waals surface area (Å²) < 4.78 is 0. The number of aliphatic hydroxyl groups is 1. The summed E-state index contributed by atoms with van der Waals surface area (Å²) in [7, 11) is 0. The van der Waals surface area contributed by atoms with Crippen molar-refractivity contribution in [1.29, 1.82) is 0 Å². The highest BCUT2D eigenvalue weighted by Crippen LogP contribution is 2.28. The van der Waals surface area contributed by atoms with Gasteiger partial charge in [-0.3, -0.25) is 4.79 Å². The second-order valence-corrected chi connectivity index (χ2v) is 5.76. The molecule has 0 aliphatic heterocycles. The van der Waals surface area contributed by atoms with Crippen molar-refractivity contribution < 1.29 is 9.90 Å². The maximum absolute atomic E-state index is 11.8. The van der Waals surface area contributed by atoms with Crippen molar-refractivity contribution in [3.8, 4) is 0 Å². The van der Waals surface area contributed by atoms with Crippen LogP contribution in [0.3, 0.4) is 0 Å². The van der Waals surface area contributed by atoms with Gasteiger partial charge in [-0.05, 0) is 38.0 Å². The zero-order valence-electron chi connectivity index (χ0n) is 10.7. The summed E-state index contributed by atoms with van der Waals surface area (Å²) in [6, 6.07) is 0.314. The Morgan fingerprint density at radius 2 is 1.71 bits per heavy atom. The highest BCUT2D eigenvalue weighted by Gasteiger charge is 2.21. The fraction of sp³-hybridized carbons (Fsp3) is 0.929. The largest absolute Gasteiger partial charge is 0.393 e. The van der Waals surface area contributed by atoms with E-state index in [-0.39, 0.29) is 12.0 Å². The Morgan fingerprint density at radius 1 is 1.06 bits per heavy atom. The molecule has 0 aromatic carbocycles. The van der Waals surface area contributed by atoms with Crippen molar-refractivity contribution in [2.24, 2.45) is 5.92 Å². The summed E-state index contributed by atoms with van der Waals surface area (Å²) in [5.41, 5.74) is 0. The molecule has 2 rings (SSSR count). The lowest BCUT2D eigenvalue weighted by molar-refractivity contribution is -0.122. The monoisotopic (exact) mass is 239 g/mol. The molecular weight excluding hydrogens is 214 g/mol. The average Bonchev–Trinajstić information content (AvgIpc) is 2.83. The summed E-state index contributed by atoms with van der Waals surface area (Å²) in [6.07, 6.45) is 10.5. The van der Waals surface area contributed by atoms with E-state index in [2.05, 4.69) is 5.32 Å². The summed E-state index contributed by atoms with van der Waals surface area (Å²) in [4.78, 5) is 11.8. The molecule has 0 radical (unpaired) electrons. The molecule has 2 N–H and O–H groups in total. The SMILES string of the molecule is O=C(CCC1CCCC1)NC1CCC(O)CC1. The maximum atomic E-state index is 11.8. The summed E-state index contributed by atoms with van der Waals surface area (Å²) in [5, 5.41) is 12.5. The fourth-order valence-corrected chi connectivity index (χ4v) is 3.15. The molecule has 0 unspecified atom stereocenters. The van der Waals surface area contributed by atoms with Gasteiger partial charge in [0.15, 0.2) is 0 Å². The first-order valence-corrected chi connectivity index (χ1v) is 7.21. The fourth-order valence-electron chi connectivity index (χ4n) is 3.15. The minimum Gasteiger partial charge on any atom is -0.393 e. The van der Waals surface area contributed by atoms with E-state index in [1.165, 1.54) is 25.7 Å². The van der Waals surface area contributed by atoms with Crippen LogP contribution in [0, 0.1) is 5.92 Å². The lowest BCUT2D eigenvalue weighted by atomic mass is 9.93. The Balaban J connectivity index is 1.60. The first kappa shape index (κ1) is 12.9. The molecular formula is C14H25NO2. The molecule has 0 heterocycles. The lowest BCUT2D eigenvalue weighted by Crippen LogP contribution is -2.38. The van der Waals surface area contributed by atoms with Gasteiger partial charge in [-0.15, -0.1) is 0 Å². The normalized spacial score (nSPS) is 30.4. The molecule has 0 atom stereocenters. The van der Waals surface area contributed by atoms with Gasteiger partial charge in [0.1, 0.15) is 0 Å². The van der Waals surface area contributed by atoms with Gasteiger partial charge in [0.05, 0.1) is 6.10 Å². The predicted molar refractivity (Wildman–Crippen MR) is 67.6 cm³/mol. The van der Waals surface area contributed by atoms with Crippen LogP contribution in [0.4, 0.5) is 0 Å². The van der Waals surface area contributed by atoms with Crippen LogP contribution in [0.2, 0.25) is 0 Å². The molecule has 2 aliphatic rings. The summed E-state index contributed by atoms with van der Waals surface area (Å²) in [6.45, 7) is 0. The van der Waals surface area contributed by atoms with Crippen LogP contribution in [-0.4, -0.2) is 23.2 Å². The van der Waals surface area contributed by atoms with Crippen LogP contribution >= 0.6 is 0 Å². The Labute approximate surface area is 104 Å². The van der Waals surface area contributed by atoms with E-state index in [1.54, 1.807) is 0 Å². The third-order valence-corrected chi connectivity index (χ3v) is 4.32. The van der Waals surface area contributed by atoms with Crippen molar-refractivity contribution in [1.82, 2.24) is 5.32 Å². The second-order valence-electron chi connectivity index (χ2n) is 5.76. The zero-order chi connectivity index (χ0) is 12.1. The Kier molecular flexibility index (Phi) is 4.84. The maximum Gasteiger partial charge on any atom is 0.220 e. The highest BCUT2D eigenvalue weighted by atomic mass is 16.3. The zero-order valence-corrected chi connectivity index (χ0v) is 10.7. The molecule has 3 nitrogen and oxygen atoms in total. The predicted octanol–water partition coefficient (Wildman–Crippen LogP) is 2.38. The minimum atomic E-state index is -0.137. The Bertz CT molecular complexity index is 241. The molecule has 17 heavy (non-hydrogen) atoms. The smallest absolute Gasteiger partial charge is 0.220 e. The van der Waals surface area contributed by atoms with Crippen molar-refractivity contribution in [2.75, 3.05) is 0 Å². The number of hydrogen-bond donors (Lipinski definition) is 2. The van der Waals surface area contributed by atoms with Crippen LogP contribution < -0.4 is 5.32 Å². The van der Waals surface area contributed by atoms with Crippen molar-refractivity contribution in [3.63, 3.8) is 0 Å². The highest BCUT2D eigenvalue weighted by molar-refractivity contribution is 5.76. The summed E-state index contributed by atoms with van der Waals surface area (Å²) >= 11 is 0. The molecule has 2 fully saturated rings. The number of carbonyl (C=O) groups excluding carboxylic acids is 1. The molecule has 2 saturated carbocycles. The van der Waals surface area contributed by atoms with Gasteiger partial charge in [-0.1, -0.05) is 25.7 Å². The Hall–Kier alpha value is -0.570. The van der Waals surface area contributed by atoms with Gasteiger partial charge in [-0.25, -0.2) is 0 Å². The van der Waals surface area contributed by atoms with E-state index < -0.39 is 0 Å². The van der Waals surface area contributed by atoms with Crippen molar-refractivity contribution in [3.05, 3.63) is 0 Å². The number of hydrogen-bond acceptors (Lipinski definition) is 2. The van der Waals surface area contributed by atoms with Gasteiger partial charge in [0, 0.05) is 12.5 Å². The topological polar surface area (TPSA) is 49.3 Å². The lowest BCUT2D eigenvalue weighted by Gasteiger charge is -2.26. The van der Waals surface area contributed by atoms with Crippen LogP contribution in [0.15, 0.2) is 0 Å². The van der Waals surface area contributed by atoms with E-state index in [9.17, 15) is 9.90 Å². The molecule has 2 aliphatic carbocycles. The van der Waals surface area contributed by atoms with Crippen LogP contribution in [0.1, 0.15) is 64.2 Å². The van der Waals surface area contributed by atoms with E-state index in [4.69, 9.17) is 0 Å². The van der Waals surface area contributed by atoms with Crippen LogP contribution in [0.5, 0.6) is 0 Å². The molecule has 1 amide bonds. The van der Waals surface area contributed by atoms with Gasteiger partial charge in [0.25, 0.3) is 0 Å². The molecule has 3 heteroatoms. The number of carbonyl (C=O) groups is 1. The molecule has 98 valence electrons. The average molecular weight is 239 g/mol. The third kappa shape index (κ3) is 4.30. The second kappa shape index (κ2) is 6.39. The van der Waals surface area contributed by atoms with Crippen molar-refractivity contribution >= 4 is 5.91 Å². The van der Waals surface area contributed by atoms with E-state index >= 15 is 0 Å². The molecule has 0 saturated heterocycles. The number of nitrogens with one attached hydrogen (secondary N) is 1. The molecule has 0 bridgehead atoms.